The van der Waals surface area contributed by atoms with Crippen LogP contribution in [-0.2, 0) is 9.53 Å². The SMILES string of the molecule is C=CCC1(C(=O)OCC)CCC=C1N1CCCCC1. The minimum Gasteiger partial charge on any atom is -0.465 e. The molecule has 1 saturated heterocycles. The Bertz CT molecular complexity index is 369. The van der Waals surface area contributed by atoms with E-state index < -0.39 is 5.41 Å². The molecule has 1 unspecified atom stereocenters. The molecule has 0 aromatic heterocycles. The van der Waals surface area contributed by atoms with Crippen LogP contribution in [0.5, 0.6) is 0 Å². The predicted molar refractivity (Wildman–Crippen MR) is 76.6 cm³/mol. The molecular formula is C16H25NO2. The number of rotatable bonds is 5. The molecule has 2 rings (SSSR count). The number of piperidine rings is 1. The lowest BCUT2D eigenvalue weighted by Crippen LogP contribution is -2.41. The van der Waals surface area contributed by atoms with E-state index in [9.17, 15) is 4.79 Å². The van der Waals surface area contributed by atoms with Gasteiger partial charge in [0, 0.05) is 18.8 Å². The fourth-order valence-electron chi connectivity index (χ4n) is 3.36. The molecular weight excluding hydrogens is 238 g/mol. The Hall–Kier alpha value is -1.25. The van der Waals surface area contributed by atoms with Crippen molar-refractivity contribution >= 4 is 5.97 Å². The summed E-state index contributed by atoms with van der Waals surface area (Å²) in [7, 11) is 0. The molecule has 0 aromatic rings. The highest BCUT2D eigenvalue weighted by molar-refractivity contribution is 5.81. The van der Waals surface area contributed by atoms with Crippen LogP contribution in [0.1, 0.15) is 45.4 Å². The molecule has 19 heavy (non-hydrogen) atoms. The molecule has 2 aliphatic rings. The number of nitrogens with zero attached hydrogens (tertiary/aromatic N) is 1. The highest BCUT2D eigenvalue weighted by atomic mass is 16.5. The van der Waals surface area contributed by atoms with Crippen LogP contribution in [0.3, 0.4) is 0 Å². The zero-order valence-electron chi connectivity index (χ0n) is 12.0. The van der Waals surface area contributed by atoms with E-state index in [0.29, 0.717) is 13.0 Å². The molecule has 0 N–H and O–H groups in total. The van der Waals surface area contributed by atoms with Crippen LogP contribution in [0, 0.1) is 5.41 Å². The predicted octanol–water partition coefficient (Wildman–Crippen LogP) is 3.28. The first-order chi connectivity index (χ1) is 9.24. The van der Waals surface area contributed by atoms with Crippen LogP contribution in [0.25, 0.3) is 0 Å². The zero-order valence-corrected chi connectivity index (χ0v) is 12.0. The Kier molecular flexibility index (Phi) is 4.67. The summed E-state index contributed by atoms with van der Waals surface area (Å²) in [5.41, 5.74) is 0.736. The van der Waals surface area contributed by atoms with Crippen LogP contribution in [-0.4, -0.2) is 30.6 Å². The standard InChI is InChI=1S/C16H25NO2/c1-3-10-16(15(18)19-4-2)11-8-9-14(16)17-12-6-5-7-13-17/h3,9H,1,4-8,10-13H2,2H3. The van der Waals surface area contributed by atoms with E-state index in [2.05, 4.69) is 17.6 Å². The number of carbonyl (C=O) groups is 1. The molecule has 3 nitrogen and oxygen atoms in total. The fourth-order valence-corrected chi connectivity index (χ4v) is 3.36. The van der Waals surface area contributed by atoms with Gasteiger partial charge in [0.1, 0.15) is 5.41 Å². The summed E-state index contributed by atoms with van der Waals surface area (Å²) in [5.74, 6) is -0.0655. The van der Waals surface area contributed by atoms with E-state index in [-0.39, 0.29) is 5.97 Å². The summed E-state index contributed by atoms with van der Waals surface area (Å²) in [6, 6.07) is 0. The average molecular weight is 263 g/mol. The summed E-state index contributed by atoms with van der Waals surface area (Å²) >= 11 is 0. The first-order valence-corrected chi connectivity index (χ1v) is 7.48. The maximum atomic E-state index is 12.5. The minimum absolute atomic E-state index is 0.0655. The normalized spacial score (nSPS) is 27.0. The number of likely N-dealkylation sites (tertiary alicyclic amines) is 1. The lowest BCUT2D eigenvalue weighted by Gasteiger charge is -2.38. The molecule has 0 amide bonds. The lowest BCUT2D eigenvalue weighted by atomic mass is 9.80. The maximum absolute atomic E-state index is 12.5. The number of hydrogen-bond acceptors (Lipinski definition) is 3. The summed E-state index contributed by atoms with van der Waals surface area (Å²) in [4.78, 5) is 14.9. The topological polar surface area (TPSA) is 29.5 Å². The van der Waals surface area contributed by atoms with E-state index in [1.807, 2.05) is 13.0 Å². The van der Waals surface area contributed by atoms with Crippen molar-refractivity contribution < 1.29 is 9.53 Å². The highest BCUT2D eigenvalue weighted by Crippen LogP contribution is 2.45. The number of allylic oxidation sites excluding steroid dienone is 2. The van der Waals surface area contributed by atoms with Gasteiger partial charge in [-0.05, 0) is 45.4 Å². The zero-order chi connectivity index (χ0) is 13.7. The molecule has 0 aromatic carbocycles. The van der Waals surface area contributed by atoms with Crippen molar-refractivity contribution in [2.75, 3.05) is 19.7 Å². The Balaban J connectivity index is 2.23. The van der Waals surface area contributed by atoms with Gasteiger partial charge in [0.25, 0.3) is 0 Å². The number of ether oxygens (including phenoxy) is 1. The van der Waals surface area contributed by atoms with Crippen molar-refractivity contribution in [1.82, 2.24) is 4.90 Å². The second kappa shape index (κ2) is 6.27. The Morgan fingerprint density at radius 3 is 2.84 bits per heavy atom. The van der Waals surface area contributed by atoms with Gasteiger partial charge in [-0.2, -0.15) is 0 Å². The lowest BCUT2D eigenvalue weighted by molar-refractivity contribution is -0.154. The molecule has 3 heteroatoms. The first-order valence-electron chi connectivity index (χ1n) is 7.48. The van der Waals surface area contributed by atoms with Crippen LogP contribution >= 0.6 is 0 Å². The molecule has 1 aliphatic carbocycles. The van der Waals surface area contributed by atoms with Gasteiger partial charge in [0.05, 0.1) is 6.61 Å². The molecule has 1 atom stereocenters. The van der Waals surface area contributed by atoms with Gasteiger partial charge in [-0.15, -0.1) is 6.58 Å². The minimum atomic E-state index is -0.463. The first kappa shape index (κ1) is 14.2. The van der Waals surface area contributed by atoms with Crippen molar-refractivity contribution in [1.29, 1.82) is 0 Å². The van der Waals surface area contributed by atoms with Crippen molar-refractivity contribution in [3.8, 4) is 0 Å². The molecule has 0 spiro atoms. The average Bonchev–Trinajstić information content (AvgIpc) is 2.85. The third-order valence-corrected chi connectivity index (χ3v) is 4.25. The summed E-state index contributed by atoms with van der Waals surface area (Å²) in [6.45, 7) is 8.31. The van der Waals surface area contributed by atoms with Crippen molar-refractivity contribution in [3.63, 3.8) is 0 Å². The summed E-state index contributed by atoms with van der Waals surface area (Å²) in [6.07, 6.45) is 10.4. The monoisotopic (exact) mass is 263 g/mol. The van der Waals surface area contributed by atoms with Gasteiger partial charge in [0.2, 0.25) is 0 Å². The van der Waals surface area contributed by atoms with Gasteiger partial charge in [-0.1, -0.05) is 12.2 Å². The van der Waals surface area contributed by atoms with E-state index in [1.165, 1.54) is 25.0 Å². The van der Waals surface area contributed by atoms with Gasteiger partial charge < -0.3 is 9.64 Å². The number of carbonyl (C=O) groups excluding carboxylic acids is 1. The molecule has 0 saturated carbocycles. The number of esters is 1. The van der Waals surface area contributed by atoms with Gasteiger partial charge in [0.15, 0.2) is 0 Å². The molecule has 106 valence electrons. The molecule has 0 bridgehead atoms. The van der Waals surface area contributed by atoms with Crippen molar-refractivity contribution in [2.45, 2.75) is 45.4 Å². The van der Waals surface area contributed by atoms with Crippen LogP contribution < -0.4 is 0 Å². The molecule has 0 radical (unpaired) electrons. The summed E-state index contributed by atoms with van der Waals surface area (Å²) in [5, 5.41) is 0. The van der Waals surface area contributed by atoms with Crippen LogP contribution in [0.4, 0.5) is 0 Å². The smallest absolute Gasteiger partial charge is 0.318 e. The van der Waals surface area contributed by atoms with E-state index in [1.54, 1.807) is 0 Å². The number of hydrogen-bond donors (Lipinski definition) is 0. The van der Waals surface area contributed by atoms with Gasteiger partial charge in [-0.25, -0.2) is 0 Å². The molecule has 1 heterocycles. The Morgan fingerprint density at radius 1 is 1.47 bits per heavy atom. The summed E-state index contributed by atoms with van der Waals surface area (Å²) < 4.78 is 5.35. The fraction of sp³-hybridized carbons (Fsp3) is 0.688. The molecule has 1 fully saturated rings. The highest BCUT2D eigenvalue weighted by Gasteiger charge is 2.46. The van der Waals surface area contributed by atoms with Crippen molar-refractivity contribution in [2.24, 2.45) is 5.41 Å². The third kappa shape index (κ3) is 2.70. The quantitative estimate of drug-likeness (QED) is 0.563. The maximum Gasteiger partial charge on any atom is 0.318 e. The van der Waals surface area contributed by atoms with Gasteiger partial charge in [-0.3, -0.25) is 4.79 Å². The Labute approximate surface area is 116 Å². The molecule has 1 aliphatic heterocycles. The van der Waals surface area contributed by atoms with E-state index >= 15 is 0 Å². The van der Waals surface area contributed by atoms with Crippen LogP contribution in [0.15, 0.2) is 24.4 Å². The second-order valence-corrected chi connectivity index (χ2v) is 5.47. The van der Waals surface area contributed by atoms with Gasteiger partial charge >= 0.3 is 5.97 Å². The Morgan fingerprint density at radius 2 is 2.21 bits per heavy atom. The third-order valence-electron chi connectivity index (χ3n) is 4.25. The van der Waals surface area contributed by atoms with Crippen molar-refractivity contribution in [3.05, 3.63) is 24.4 Å². The van der Waals surface area contributed by atoms with Crippen LogP contribution in [0.2, 0.25) is 0 Å². The largest absolute Gasteiger partial charge is 0.465 e. The van der Waals surface area contributed by atoms with E-state index in [4.69, 9.17) is 4.74 Å². The van der Waals surface area contributed by atoms with E-state index in [0.717, 1.165) is 25.9 Å². The second-order valence-electron chi connectivity index (χ2n) is 5.47.